The molecule has 0 radical (unpaired) electrons. The number of rotatable bonds is 7. The van der Waals surface area contributed by atoms with Crippen LogP contribution in [-0.2, 0) is 9.59 Å². The van der Waals surface area contributed by atoms with Crippen molar-refractivity contribution in [3.63, 3.8) is 0 Å². The van der Waals surface area contributed by atoms with E-state index in [1.54, 1.807) is 12.1 Å². The SMILES string of the molecule is C[C@@H]1C=CC[C@@H]2C(=O)N(N(C(=O)c3ccccc3Cl)[C@H](CCCl)C(=O)c3ccc(F)cc3)C(=O)[C@H]12. The second-order valence-electron chi connectivity index (χ2n) is 8.64. The number of amides is 3. The van der Waals surface area contributed by atoms with Crippen LogP contribution in [0.5, 0.6) is 0 Å². The number of carbonyl (C=O) groups is 4. The van der Waals surface area contributed by atoms with Crippen LogP contribution < -0.4 is 0 Å². The summed E-state index contributed by atoms with van der Waals surface area (Å²) in [7, 11) is 0. The van der Waals surface area contributed by atoms with E-state index in [0.717, 1.165) is 22.2 Å². The molecule has 2 aliphatic rings. The Morgan fingerprint density at radius 1 is 1.11 bits per heavy atom. The Hall–Kier alpha value is -3.03. The highest BCUT2D eigenvalue weighted by Gasteiger charge is 2.54. The molecule has 35 heavy (non-hydrogen) atoms. The van der Waals surface area contributed by atoms with E-state index in [0.29, 0.717) is 6.42 Å². The molecule has 1 fully saturated rings. The summed E-state index contributed by atoms with van der Waals surface area (Å²) in [6, 6.07) is 9.72. The zero-order valence-corrected chi connectivity index (χ0v) is 20.4. The van der Waals surface area contributed by atoms with E-state index < -0.39 is 47.2 Å². The predicted molar refractivity (Wildman–Crippen MR) is 129 cm³/mol. The van der Waals surface area contributed by atoms with E-state index in [-0.39, 0.29) is 34.4 Å². The smallest absolute Gasteiger partial charge is 0.275 e. The lowest BCUT2D eigenvalue weighted by Gasteiger charge is -2.36. The number of carbonyl (C=O) groups excluding carboxylic acids is 4. The first-order valence-corrected chi connectivity index (χ1v) is 12.2. The summed E-state index contributed by atoms with van der Waals surface area (Å²) in [5, 5.41) is 1.82. The predicted octanol–water partition coefficient (Wildman–Crippen LogP) is 4.91. The van der Waals surface area contributed by atoms with Crippen molar-refractivity contribution in [3.05, 3.63) is 82.6 Å². The highest BCUT2D eigenvalue weighted by atomic mass is 35.5. The normalized spacial score (nSPS) is 22.2. The molecule has 0 bridgehead atoms. The van der Waals surface area contributed by atoms with Crippen LogP contribution >= 0.6 is 23.2 Å². The third-order valence-electron chi connectivity index (χ3n) is 6.49. The molecule has 9 heteroatoms. The molecule has 4 atom stereocenters. The van der Waals surface area contributed by atoms with E-state index in [1.807, 2.05) is 19.1 Å². The summed E-state index contributed by atoms with van der Waals surface area (Å²) in [4.78, 5) is 54.6. The van der Waals surface area contributed by atoms with E-state index in [2.05, 4.69) is 0 Å². The molecular weight excluding hydrogens is 494 g/mol. The Bertz CT molecular complexity index is 1200. The number of hydrogen-bond donors (Lipinski definition) is 0. The lowest BCUT2D eigenvalue weighted by Crippen LogP contribution is -2.57. The monoisotopic (exact) mass is 516 g/mol. The van der Waals surface area contributed by atoms with E-state index in [9.17, 15) is 23.6 Å². The molecule has 0 N–H and O–H groups in total. The van der Waals surface area contributed by atoms with Crippen molar-refractivity contribution >= 4 is 46.7 Å². The average molecular weight is 517 g/mol. The van der Waals surface area contributed by atoms with Gasteiger partial charge < -0.3 is 0 Å². The van der Waals surface area contributed by atoms with E-state index in [4.69, 9.17) is 23.2 Å². The van der Waals surface area contributed by atoms with Gasteiger partial charge in [0, 0.05) is 11.4 Å². The van der Waals surface area contributed by atoms with Gasteiger partial charge in [-0.2, -0.15) is 5.01 Å². The van der Waals surface area contributed by atoms with Gasteiger partial charge in [-0.05, 0) is 55.2 Å². The van der Waals surface area contributed by atoms with Crippen LogP contribution in [0.25, 0.3) is 0 Å². The van der Waals surface area contributed by atoms with Gasteiger partial charge in [-0.3, -0.25) is 19.2 Å². The van der Waals surface area contributed by atoms with Gasteiger partial charge >= 0.3 is 0 Å². The molecule has 0 spiro atoms. The molecule has 1 heterocycles. The van der Waals surface area contributed by atoms with E-state index in [1.165, 1.54) is 24.3 Å². The fourth-order valence-corrected chi connectivity index (χ4v) is 5.17. The zero-order chi connectivity index (χ0) is 25.3. The maximum atomic E-state index is 13.9. The summed E-state index contributed by atoms with van der Waals surface area (Å²) in [6.45, 7) is 1.84. The van der Waals surface area contributed by atoms with Crippen molar-refractivity contribution in [2.75, 3.05) is 5.88 Å². The van der Waals surface area contributed by atoms with Crippen molar-refractivity contribution in [1.82, 2.24) is 10.0 Å². The molecule has 1 aliphatic heterocycles. The Kier molecular flexibility index (Phi) is 7.38. The summed E-state index contributed by atoms with van der Waals surface area (Å²) in [5.74, 6) is -4.53. The molecule has 0 saturated carbocycles. The number of allylic oxidation sites excluding steroid dienone is 2. The van der Waals surface area contributed by atoms with Gasteiger partial charge in [0.25, 0.3) is 17.7 Å². The number of imide groups is 1. The number of Topliss-reactive ketones (excluding diaryl/α,β-unsaturated/α-hetero) is 1. The molecule has 2 aromatic carbocycles. The maximum Gasteiger partial charge on any atom is 0.275 e. The second-order valence-corrected chi connectivity index (χ2v) is 9.42. The molecule has 182 valence electrons. The third kappa shape index (κ3) is 4.62. The van der Waals surface area contributed by atoms with E-state index >= 15 is 0 Å². The second kappa shape index (κ2) is 10.3. The minimum atomic E-state index is -1.29. The van der Waals surface area contributed by atoms with Gasteiger partial charge in [-0.1, -0.05) is 42.8 Å². The molecule has 1 aliphatic carbocycles. The van der Waals surface area contributed by atoms with Crippen LogP contribution in [0.3, 0.4) is 0 Å². The minimum Gasteiger partial charge on any atom is -0.292 e. The van der Waals surface area contributed by atoms with Crippen molar-refractivity contribution in [1.29, 1.82) is 0 Å². The fraction of sp³-hybridized carbons (Fsp3) is 0.308. The molecule has 3 amide bonds. The summed E-state index contributed by atoms with van der Waals surface area (Å²) in [5.41, 5.74) is 0.146. The Labute approximate surface area is 212 Å². The quantitative estimate of drug-likeness (QED) is 0.226. The van der Waals surface area contributed by atoms with Crippen LogP contribution in [0.2, 0.25) is 5.02 Å². The molecule has 1 saturated heterocycles. The molecule has 0 unspecified atom stereocenters. The van der Waals surface area contributed by atoms with Crippen molar-refractivity contribution in [2.24, 2.45) is 17.8 Å². The number of alkyl halides is 1. The largest absolute Gasteiger partial charge is 0.292 e. The molecule has 6 nitrogen and oxygen atoms in total. The molecule has 4 rings (SSSR count). The lowest BCUT2D eigenvalue weighted by molar-refractivity contribution is -0.156. The highest BCUT2D eigenvalue weighted by Crippen LogP contribution is 2.40. The first-order valence-electron chi connectivity index (χ1n) is 11.2. The Morgan fingerprint density at radius 2 is 1.80 bits per heavy atom. The van der Waals surface area contributed by atoms with Gasteiger partial charge in [0.1, 0.15) is 11.9 Å². The van der Waals surface area contributed by atoms with Crippen LogP contribution in [0.4, 0.5) is 4.39 Å². The van der Waals surface area contributed by atoms with Gasteiger partial charge in [0.2, 0.25) is 0 Å². The Morgan fingerprint density at radius 3 is 2.43 bits per heavy atom. The zero-order valence-electron chi connectivity index (χ0n) is 18.9. The summed E-state index contributed by atoms with van der Waals surface area (Å²) < 4.78 is 13.5. The van der Waals surface area contributed by atoms with Crippen molar-refractivity contribution in [2.45, 2.75) is 25.8 Å². The van der Waals surface area contributed by atoms with Gasteiger partial charge in [0.15, 0.2) is 5.78 Å². The van der Waals surface area contributed by atoms with Crippen molar-refractivity contribution in [3.8, 4) is 0 Å². The first-order chi connectivity index (χ1) is 16.8. The van der Waals surface area contributed by atoms with Gasteiger partial charge in [0.05, 0.1) is 22.4 Å². The number of fused-ring (bicyclic) bond motifs is 1. The molecule has 0 aromatic heterocycles. The summed E-state index contributed by atoms with van der Waals surface area (Å²) >= 11 is 12.3. The van der Waals surface area contributed by atoms with Gasteiger partial charge in [-0.25, -0.2) is 9.40 Å². The summed E-state index contributed by atoms with van der Waals surface area (Å²) in [6.07, 6.45) is 4.03. The average Bonchev–Trinajstić information content (AvgIpc) is 3.10. The van der Waals surface area contributed by atoms with Crippen molar-refractivity contribution < 1.29 is 23.6 Å². The number of hydrogen-bond acceptors (Lipinski definition) is 4. The van der Waals surface area contributed by atoms with Crippen LogP contribution in [0.1, 0.15) is 40.5 Å². The number of hydrazine groups is 1. The lowest BCUT2D eigenvalue weighted by atomic mass is 9.78. The minimum absolute atomic E-state index is 0.0299. The third-order valence-corrected chi connectivity index (χ3v) is 7.03. The topological polar surface area (TPSA) is 74.8 Å². The number of ketones is 1. The molecule has 2 aromatic rings. The fourth-order valence-electron chi connectivity index (χ4n) is 4.75. The number of nitrogens with zero attached hydrogens (tertiary/aromatic N) is 2. The van der Waals surface area contributed by atoms with Crippen LogP contribution in [-0.4, -0.2) is 45.4 Å². The highest BCUT2D eigenvalue weighted by molar-refractivity contribution is 6.34. The number of benzene rings is 2. The standard InChI is InChI=1S/C26H23Cl2FN2O4/c1-15-5-4-7-19-22(15)26(35)31(25(19)34)30(24(33)18-6-2-3-8-20(18)28)21(13-14-27)23(32)16-9-11-17(29)12-10-16/h2-6,8-12,15,19,21-22H,7,13-14H2,1H3/t15-,19+,21-,22-/m1/s1. The van der Waals surface area contributed by atoms with Gasteiger partial charge in [-0.15, -0.1) is 11.6 Å². The number of halogens is 3. The first kappa shape index (κ1) is 25.1. The van der Waals surface area contributed by atoms with Crippen LogP contribution in [0, 0.1) is 23.6 Å². The maximum absolute atomic E-state index is 13.9. The molecular formula is C26H23Cl2FN2O4. The van der Waals surface area contributed by atoms with Crippen LogP contribution in [0.15, 0.2) is 60.7 Å². The Balaban J connectivity index is 1.83.